The number of hydrogen-bond acceptors (Lipinski definition) is 4. The van der Waals surface area contributed by atoms with E-state index in [-0.39, 0.29) is 0 Å². The van der Waals surface area contributed by atoms with E-state index in [1.807, 2.05) is 30.5 Å². The molecule has 5 heteroatoms. The van der Waals surface area contributed by atoms with Crippen molar-refractivity contribution < 1.29 is 4.52 Å². The predicted molar refractivity (Wildman–Crippen MR) is 75.8 cm³/mol. The first-order chi connectivity index (χ1) is 9.33. The lowest BCUT2D eigenvalue weighted by Crippen LogP contribution is -2.43. The van der Waals surface area contributed by atoms with Crippen molar-refractivity contribution in [2.45, 2.75) is 6.42 Å². The van der Waals surface area contributed by atoms with Crippen LogP contribution < -0.4 is 10.2 Å². The van der Waals surface area contributed by atoms with Crippen molar-refractivity contribution in [3.05, 3.63) is 46.8 Å². The molecule has 1 saturated heterocycles. The Kier molecular flexibility index (Phi) is 3.71. The summed E-state index contributed by atoms with van der Waals surface area (Å²) in [6.07, 6.45) is 2.56. The van der Waals surface area contributed by atoms with E-state index in [4.69, 9.17) is 16.1 Å². The SMILES string of the molecule is Clc1ccc(Cc2oncc2N2CCNCC2)cc1. The van der Waals surface area contributed by atoms with Crippen LogP contribution in [0, 0.1) is 0 Å². The maximum Gasteiger partial charge on any atom is 0.164 e. The molecule has 3 rings (SSSR count). The Labute approximate surface area is 117 Å². The zero-order valence-corrected chi connectivity index (χ0v) is 11.4. The first kappa shape index (κ1) is 12.5. The number of hydrogen-bond donors (Lipinski definition) is 1. The standard InChI is InChI=1S/C14H16ClN3O/c15-12-3-1-11(2-4-12)9-14-13(10-17-19-14)18-7-5-16-6-8-18/h1-4,10,16H,5-9H2. The molecule has 2 aromatic rings. The van der Waals surface area contributed by atoms with E-state index < -0.39 is 0 Å². The first-order valence-corrected chi connectivity index (χ1v) is 6.84. The summed E-state index contributed by atoms with van der Waals surface area (Å²) in [5, 5.41) is 8.05. The summed E-state index contributed by atoms with van der Waals surface area (Å²) in [4.78, 5) is 2.32. The number of halogens is 1. The molecule has 1 aliphatic rings. The van der Waals surface area contributed by atoms with Gasteiger partial charge in [0.1, 0.15) is 5.69 Å². The van der Waals surface area contributed by atoms with Crippen molar-refractivity contribution in [1.82, 2.24) is 10.5 Å². The summed E-state index contributed by atoms with van der Waals surface area (Å²) < 4.78 is 5.41. The van der Waals surface area contributed by atoms with Crippen LogP contribution in [0.15, 0.2) is 35.0 Å². The molecule has 1 aromatic carbocycles. The van der Waals surface area contributed by atoms with Crippen molar-refractivity contribution in [2.24, 2.45) is 0 Å². The molecule has 1 aliphatic heterocycles. The quantitative estimate of drug-likeness (QED) is 0.935. The molecule has 0 saturated carbocycles. The van der Waals surface area contributed by atoms with Gasteiger partial charge in [-0.05, 0) is 17.7 Å². The van der Waals surface area contributed by atoms with Gasteiger partial charge in [0.25, 0.3) is 0 Å². The summed E-state index contributed by atoms with van der Waals surface area (Å²) >= 11 is 5.90. The van der Waals surface area contributed by atoms with E-state index in [9.17, 15) is 0 Å². The van der Waals surface area contributed by atoms with Gasteiger partial charge in [0.05, 0.1) is 6.20 Å². The average Bonchev–Trinajstić information content (AvgIpc) is 2.90. The van der Waals surface area contributed by atoms with Gasteiger partial charge < -0.3 is 14.7 Å². The van der Waals surface area contributed by atoms with Crippen LogP contribution in [0.4, 0.5) is 5.69 Å². The maximum absolute atomic E-state index is 5.90. The molecular weight excluding hydrogens is 262 g/mol. The molecule has 0 amide bonds. The number of aromatic nitrogens is 1. The molecule has 1 fully saturated rings. The van der Waals surface area contributed by atoms with E-state index in [2.05, 4.69) is 15.4 Å². The normalized spacial score (nSPS) is 15.7. The van der Waals surface area contributed by atoms with Crippen molar-refractivity contribution in [3.63, 3.8) is 0 Å². The molecule has 2 heterocycles. The molecule has 1 aromatic heterocycles. The van der Waals surface area contributed by atoms with Crippen LogP contribution in [0.3, 0.4) is 0 Å². The van der Waals surface area contributed by atoms with Gasteiger partial charge >= 0.3 is 0 Å². The molecule has 0 aliphatic carbocycles. The van der Waals surface area contributed by atoms with Crippen LogP contribution in [0.25, 0.3) is 0 Å². The van der Waals surface area contributed by atoms with Crippen LogP contribution in [-0.4, -0.2) is 31.3 Å². The first-order valence-electron chi connectivity index (χ1n) is 6.46. The van der Waals surface area contributed by atoms with Crippen molar-refractivity contribution in [3.8, 4) is 0 Å². The number of benzene rings is 1. The van der Waals surface area contributed by atoms with Gasteiger partial charge in [-0.3, -0.25) is 0 Å². The number of piperazine rings is 1. The third-order valence-corrected chi connectivity index (χ3v) is 3.61. The fourth-order valence-electron chi connectivity index (χ4n) is 2.33. The smallest absolute Gasteiger partial charge is 0.164 e. The monoisotopic (exact) mass is 277 g/mol. The second kappa shape index (κ2) is 5.63. The Bertz CT molecular complexity index is 532. The van der Waals surface area contributed by atoms with Gasteiger partial charge in [-0.2, -0.15) is 0 Å². The summed E-state index contributed by atoms with van der Waals surface area (Å²) in [6, 6.07) is 7.84. The summed E-state index contributed by atoms with van der Waals surface area (Å²) in [7, 11) is 0. The Hall–Kier alpha value is -1.52. The highest BCUT2D eigenvalue weighted by atomic mass is 35.5. The van der Waals surface area contributed by atoms with Crippen LogP contribution in [0.5, 0.6) is 0 Å². The fraction of sp³-hybridized carbons (Fsp3) is 0.357. The van der Waals surface area contributed by atoms with E-state index in [0.29, 0.717) is 0 Å². The summed E-state index contributed by atoms with van der Waals surface area (Å²) in [5.41, 5.74) is 2.29. The summed E-state index contributed by atoms with van der Waals surface area (Å²) in [6.45, 7) is 4.00. The molecular formula is C14H16ClN3O. The molecule has 0 spiro atoms. The molecule has 0 radical (unpaired) electrons. The van der Waals surface area contributed by atoms with Gasteiger partial charge in [-0.25, -0.2) is 0 Å². The van der Waals surface area contributed by atoms with Crippen LogP contribution in [0.2, 0.25) is 5.02 Å². The lowest BCUT2D eigenvalue weighted by molar-refractivity contribution is 0.389. The number of nitrogens with one attached hydrogen (secondary N) is 1. The molecule has 0 unspecified atom stereocenters. The van der Waals surface area contributed by atoms with E-state index in [0.717, 1.165) is 49.1 Å². The van der Waals surface area contributed by atoms with E-state index in [1.165, 1.54) is 5.56 Å². The minimum atomic E-state index is 0.746. The third kappa shape index (κ3) is 2.91. The summed E-state index contributed by atoms with van der Waals surface area (Å²) in [5.74, 6) is 0.921. The molecule has 100 valence electrons. The zero-order valence-electron chi connectivity index (χ0n) is 10.6. The highest BCUT2D eigenvalue weighted by Gasteiger charge is 2.17. The molecule has 0 bridgehead atoms. The van der Waals surface area contributed by atoms with Crippen LogP contribution in [-0.2, 0) is 6.42 Å². The molecule has 19 heavy (non-hydrogen) atoms. The lowest BCUT2D eigenvalue weighted by Gasteiger charge is -2.28. The molecule has 4 nitrogen and oxygen atoms in total. The minimum absolute atomic E-state index is 0.746. The predicted octanol–water partition coefficient (Wildman–Crippen LogP) is 2.33. The van der Waals surface area contributed by atoms with E-state index in [1.54, 1.807) is 0 Å². The largest absolute Gasteiger partial charge is 0.365 e. The second-order valence-corrected chi connectivity index (χ2v) is 5.11. The minimum Gasteiger partial charge on any atom is -0.365 e. The lowest BCUT2D eigenvalue weighted by atomic mass is 10.1. The number of rotatable bonds is 3. The van der Waals surface area contributed by atoms with Crippen LogP contribution in [0.1, 0.15) is 11.3 Å². The van der Waals surface area contributed by atoms with E-state index >= 15 is 0 Å². The topological polar surface area (TPSA) is 41.3 Å². The van der Waals surface area contributed by atoms with Gasteiger partial charge in [-0.15, -0.1) is 0 Å². The highest BCUT2D eigenvalue weighted by molar-refractivity contribution is 6.30. The van der Waals surface area contributed by atoms with Crippen LogP contribution >= 0.6 is 11.6 Å². The second-order valence-electron chi connectivity index (χ2n) is 4.67. The maximum atomic E-state index is 5.90. The number of nitrogens with zero attached hydrogens (tertiary/aromatic N) is 2. The zero-order chi connectivity index (χ0) is 13.1. The Balaban J connectivity index is 1.77. The van der Waals surface area contributed by atoms with Gasteiger partial charge in [0.2, 0.25) is 0 Å². The number of anilines is 1. The Morgan fingerprint density at radius 3 is 2.68 bits per heavy atom. The molecule has 0 atom stereocenters. The van der Waals surface area contributed by atoms with Crippen molar-refractivity contribution in [1.29, 1.82) is 0 Å². The van der Waals surface area contributed by atoms with Crippen molar-refractivity contribution >= 4 is 17.3 Å². The van der Waals surface area contributed by atoms with Gasteiger partial charge in [-0.1, -0.05) is 28.9 Å². The fourth-order valence-corrected chi connectivity index (χ4v) is 2.46. The Morgan fingerprint density at radius 1 is 1.21 bits per heavy atom. The third-order valence-electron chi connectivity index (χ3n) is 3.36. The average molecular weight is 278 g/mol. The van der Waals surface area contributed by atoms with Crippen molar-refractivity contribution in [2.75, 3.05) is 31.1 Å². The molecule has 1 N–H and O–H groups in total. The highest BCUT2D eigenvalue weighted by Crippen LogP contribution is 2.23. The Morgan fingerprint density at radius 2 is 1.95 bits per heavy atom. The van der Waals surface area contributed by atoms with Gasteiger partial charge in [0.15, 0.2) is 5.76 Å². The van der Waals surface area contributed by atoms with Gasteiger partial charge in [0, 0.05) is 37.6 Å².